The lowest BCUT2D eigenvalue weighted by molar-refractivity contribution is -0.403. The quantitative estimate of drug-likeness (QED) is 0.141. The molecule has 10 heteroatoms. The molecule has 9 nitrogen and oxygen atoms in total. The van der Waals surface area contributed by atoms with Gasteiger partial charge in [0.1, 0.15) is 0 Å². The largest absolute Gasteiger partial charge is 0.481 e. The predicted octanol–water partition coefficient (Wildman–Crippen LogP) is 7.03. The molecule has 4 rings (SSSR count). The van der Waals surface area contributed by atoms with Crippen molar-refractivity contribution >= 4 is 29.2 Å². The Bertz CT molecular complexity index is 1420. The van der Waals surface area contributed by atoms with Gasteiger partial charge in [-0.1, -0.05) is 67.3 Å². The molecule has 3 aromatic rings. The minimum Gasteiger partial charge on any atom is -0.481 e. The summed E-state index contributed by atoms with van der Waals surface area (Å²) in [5.74, 6) is -0.508. The standard InChI is InChI=1S/C33H37ClN4O5/c1-23(25-11-15-29(34)16-12-25)36-31(22-38(42)43)37(30-17-13-27(14-18-30)26-5-3-2-4-6-26)21-24-7-9-28(10-8-24)33(41)35-20-19-32(39)40/h7-18,22-23,26,36H,2-6,19-21H2,1H3,(H,35,41)(H,39,40)/b31-22-. The molecule has 0 aliphatic heterocycles. The molecule has 1 aliphatic rings. The highest BCUT2D eigenvalue weighted by Crippen LogP contribution is 2.34. The summed E-state index contributed by atoms with van der Waals surface area (Å²) in [7, 11) is 0. The number of nitro groups is 1. The topological polar surface area (TPSA) is 125 Å². The number of carbonyl (C=O) groups is 2. The van der Waals surface area contributed by atoms with Crippen LogP contribution in [0.4, 0.5) is 5.69 Å². The van der Waals surface area contributed by atoms with Gasteiger partial charge in [-0.2, -0.15) is 0 Å². The number of halogens is 1. The average molecular weight is 605 g/mol. The Morgan fingerprint density at radius 3 is 2.28 bits per heavy atom. The first kappa shape index (κ1) is 31.6. The third kappa shape index (κ3) is 9.31. The maximum Gasteiger partial charge on any atom is 0.305 e. The van der Waals surface area contributed by atoms with Crippen LogP contribution in [-0.4, -0.2) is 28.5 Å². The summed E-state index contributed by atoms with van der Waals surface area (Å²) >= 11 is 6.07. The van der Waals surface area contributed by atoms with Gasteiger partial charge in [0.05, 0.1) is 17.4 Å². The van der Waals surface area contributed by atoms with Gasteiger partial charge in [0.15, 0.2) is 5.82 Å². The number of rotatable bonds is 13. The van der Waals surface area contributed by atoms with Gasteiger partial charge < -0.3 is 20.6 Å². The van der Waals surface area contributed by atoms with Crippen LogP contribution >= 0.6 is 11.6 Å². The van der Waals surface area contributed by atoms with E-state index in [1.165, 1.54) is 37.7 Å². The van der Waals surface area contributed by atoms with Crippen molar-refractivity contribution in [1.29, 1.82) is 0 Å². The molecule has 3 N–H and O–H groups in total. The summed E-state index contributed by atoms with van der Waals surface area (Å²) in [6, 6.07) is 22.2. The zero-order valence-electron chi connectivity index (χ0n) is 24.2. The van der Waals surface area contributed by atoms with Crippen LogP contribution in [0, 0.1) is 10.1 Å². The molecule has 1 fully saturated rings. The van der Waals surface area contributed by atoms with Gasteiger partial charge in [0.25, 0.3) is 12.1 Å². The highest BCUT2D eigenvalue weighted by molar-refractivity contribution is 6.30. The maximum absolute atomic E-state index is 12.4. The smallest absolute Gasteiger partial charge is 0.305 e. The first-order valence-corrected chi connectivity index (χ1v) is 14.9. The summed E-state index contributed by atoms with van der Waals surface area (Å²) < 4.78 is 0. The predicted molar refractivity (Wildman–Crippen MR) is 168 cm³/mol. The van der Waals surface area contributed by atoms with Crippen LogP contribution in [0.15, 0.2) is 84.8 Å². The maximum atomic E-state index is 12.4. The van der Waals surface area contributed by atoms with Gasteiger partial charge >= 0.3 is 5.97 Å². The molecule has 1 aliphatic carbocycles. The van der Waals surface area contributed by atoms with Crippen molar-refractivity contribution in [3.8, 4) is 0 Å². The lowest BCUT2D eigenvalue weighted by atomic mass is 9.84. The Kier molecular flexibility index (Phi) is 11.2. The third-order valence-electron chi connectivity index (χ3n) is 7.72. The first-order valence-electron chi connectivity index (χ1n) is 14.5. The lowest BCUT2D eigenvalue weighted by Gasteiger charge is -2.30. The molecule has 0 bridgehead atoms. The van der Waals surface area contributed by atoms with Gasteiger partial charge in [-0.25, -0.2) is 0 Å². The fourth-order valence-electron chi connectivity index (χ4n) is 5.35. The number of carbonyl (C=O) groups excluding carboxylic acids is 1. The van der Waals surface area contributed by atoms with Gasteiger partial charge in [-0.3, -0.25) is 19.7 Å². The van der Waals surface area contributed by atoms with E-state index in [0.29, 0.717) is 28.9 Å². The summed E-state index contributed by atoms with van der Waals surface area (Å²) in [6.45, 7) is 2.26. The molecule has 0 aromatic heterocycles. The number of hydrogen-bond donors (Lipinski definition) is 3. The lowest BCUT2D eigenvalue weighted by Crippen LogP contribution is -2.34. The summed E-state index contributed by atoms with van der Waals surface area (Å²) in [5.41, 5.74) is 4.22. The molecular weight excluding hydrogens is 568 g/mol. The van der Waals surface area contributed by atoms with Crippen LogP contribution in [-0.2, 0) is 11.3 Å². The van der Waals surface area contributed by atoms with E-state index in [1.54, 1.807) is 36.4 Å². The van der Waals surface area contributed by atoms with E-state index < -0.39 is 10.9 Å². The van der Waals surface area contributed by atoms with E-state index in [4.69, 9.17) is 16.7 Å². The molecule has 43 heavy (non-hydrogen) atoms. The molecular formula is C33H37ClN4O5. The number of nitrogens with zero attached hydrogens (tertiary/aromatic N) is 2. The molecule has 1 unspecified atom stereocenters. The number of amides is 1. The van der Waals surface area contributed by atoms with Crippen molar-refractivity contribution in [3.05, 3.63) is 122 Å². The minimum absolute atomic E-state index is 0.0348. The number of nitrogens with one attached hydrogen (secondary N) is 2. The van der Waals surface area contributed by atoms with Crippen molar-refractivity contribution in [3.63, 3.8) is 0 Å². The van der Waals surface area contributed by atoms with Gasteiger partial charge in [-0.05, 0) is 78.8 Å². The van der Waals surface area contributed by atoms with Crippen molar-refractivity contribution in [2.45, 2.75) is 64.0 Å². The Hall–Kier alpha value is -4.37. The zero-order valence-corrected chi connectivity index (χ0v) is 24.9. The molecule has 0 saturated heterocycles. The van der Waals surface area contributed by atoms with E-state index in [0.717, 1.165) is 23.0 Å². The third-order valence-corrected chi connectivity index (χ3v) is 7.97. The normalized spacial score (nSPS) is 14.5. The van der Waals surface area contributed by atoms with Crippen LogP contribution in [0.25, 0.3) is 0 Å². The molecule has 1 saturated carbocycles. The van der Waals surface area contributed by atoms with E-state index in [2.05, 4.69) is 22.8 Å². The summed E-state index contributed by atoms with van der Waals surface area (Å²) in [4.78, 5) is 36.4. The summed E-state index contributed by atoms with van der Waals surface area (Å²) in [6.07, 6.45) is 6.90. The monoisotopic (exact) mass is 604 g/mol. The van der Waals surface area contributed by atoms with E-state index in [1.807, 2.05) is 36.1 Å². The Balaban J connectivity index is 1.61. The molecule has 1 amide bonds. The van der Waals surface area contributed by atoms with Gasteiger partial charge in [0.2, 0.25) is 0 Å². The Labute approximate surface area is 256 Å². The highest BCUT2D eigenvalue weighted by Gasteiger charge is 2.21. The molecule has 1 atom stereocenters. The number of carboxylic acid groups (broad SMARTS) is 1. The number of anilines is 1. The number of hydrogen-bond acceptors (Lipinski definition) is 6. The minimum atomic E-state index is -0.986. The van der Waals surface area contributed by atoms with Crippen molar-refractivity contribution < 1.29 is 19.6 Å². The number of benzene rings is 3. The highest BCUT2D eigenvalue weighted by atomic mass is 35.5. The van der Waals surface area contributed by atoms with E-state index in [9.17, 15) is 19.7 Å². The van der Waals surface area contributed by atoms with Crippen LogP contribution in [0.5, 0.6) is 0 Å². The van der Waals surface area contributed by atoms with Gasteiger partial charge in [0, 0.05) is 29.4 Å². The zero-order chi connectivity index (χ0) is 30.8. The Morgan fingerprint density at radius 2 is 1.67 bits per heavy atom. The molecule has 0 heterocycles. The van der Waals surface area contributed by atoms with Crippen molar-refractivity contribution in [2.75, 3.05) is 11.4 Å². The number of aliphatic carboxylic acids is 1. The SMILES string of the molecule is CC(N/C(=C/[N+](=O)[O-])N(Cc1ccc(C(=O)NCCC(=O)O)cc1)c1ccc(C2CCCCC2)cc1)c1ccc(Cl)cc1. The second kappa shape index (κ2) is 15.2. The van der Waals surface area contributed by atoms with Crippen LogP contribution in [0.2, 0.25) is 5.02 Å². The van der Waals surface area contributed by atoms with Gasteiger partial charge in [-0.15, -0.1) is 0 Å². The fraction of sp³-hybridized carbons (Fsp3) is 0.333. The van der Waals surface area contributed by atoms with E-state index in [-0.39, 0.29) is 24.9 Å². The molecule has 226 valence electrons. The van der Waals surface area contributed by atoms with Crippen molar-refractivity contribution in [2.24, 2.45) is 0 Å². The summed E-state index contributed by atoms with van der Waals surface area (Å²) in [5, 5.41) is 27.2. The molecule has 0 spiro atoms. The molecule has 0 radical (unpaired) electrons. The average Bonchev–Trinajstić information content (AvgIpc) is 3.00. The van der Waals surface area contributed by atoms with E-state index >= 15 is 0 Å². The van der Waals surface area contributed by atoms with Crippen molar-refractivity contribution in [1.82, 2.24) is 10.6 Å². The van der Waals surface area contributed by atoms with Crippen LogP contribution in [0.1, 0.15) is 84.5 Å². The molecule has 3 aromatic carbocycles. The van der Waals surface area contributed by atoms with Crippen LogP contribution < -0.4 is 15.5 Å². The second-order valence-electron chi connectivity index (χ2n) is 10.8. The number of carboxylic acids is 1. The Morgan fingerprint density at radius 1 is 1.02 bits per heavy atom. The van der Waals surface area contributed by atoms with Crippen LogP contribution in [0.3, 0.4) is 0 Å². The second-order valence-corrected chi connectivity index (χ2v) is 11.3. The fourth-order valence-corrected chi connectivity index (χ4v) is 5.47. The first-order chi connectivity index (χ1) is 20.7.